The van der Waals surface area contributed by atoms with E-state index >= 15 is 0 Å². The molecule has 0 heterocycles. The van der Waals surface area contributed by atoms with Crippen molar-refractivity contribution in [3.63, 3.8) is 0 Å². The van der Waals surface area contributed by atoms with Crippen molar-refractivity contribution in [2.75, 3.05) is 12.3 Å². The molecule has 0 atom stereocenters. The molecule has 0 saturated carbocycles. The zero-order valence-electron chi connectivity index (χ0n) is 20.3. The minimum atomic E-state index is -4.41. The van der Waals surface area contributed by atoms with Gasteiger partial charge in [-0.15, -0.1) is 0 Å². The normalized spacial score (nSPS) is 12.0. The molecule has 3 aromatic rings. The first kappa shape index (κ1) is 26.8. The van der Waals surface area contributed by atoms with Gasteiger partial charge in [-0.25, -0.2) is 0 Å². The Morgan fingerprint density at radius 3 is 2.20 bits per heavy atom. The Morgan fingerprint density at radius 1 is 0.943 bits per heavy atom. The summed E-state index contributed by atoms with van der Waals surface area (Å²) in [6, 6.07) is 16.9. The van der Waals surface area contributed by atoms with Crippen LogP contribution in [0, 0.1) is 6.92 Å². The highest BCUT2D eigenvalue weighted by Crippen LogP contribution is 2.30. The summed E-state index contributed by atoms with van der Waals surface area (Å²) in [5.41, 5.74) is 9.72. The van der Waals surface area contributed by atoms with Gasteiger partial charge in [0.2, 0.25) is 0 Å². The molecule has 0 aliphatic carbocycles. The monoisotopic (exact) mass is 546 g/mol. The molecule has 0 aromatic heterocycles. The number of halogens is 4. The van der Waals surface area contributed by atoms with Gasteiger partial charge in [-0.05, 0) is 75.1 Å². The van der Waals surface area contributed by atoms with Gasteiger partial charge in [0.25, 0.3) is 5.91 Å². The van der Waals surface area contributed by atoms with Crippen LogP contribution in [-0.4, -0.2) is 17.4 Å². The summed E-state index contributed by atoms with van der Waals surface area (Å²) in [7, 11) is 0. The van der Waals surface area contributed by atoms with Crippen molar-refractivity contribution in [2.24, 2.45) is 0 Å². The Balaban J connectivity index is 1.90. The molecule has 0 saturated heterocycles. The Bertz CT molecular complexity index is 1200. The molecule has 3 aromatic carbocycles. The topological polar surface area (TPSA) is 46.3 Å². The fraction of sp³-hybridized carbons (Fsp3) is 0.321. The molecule has 35 heavy (non-hydrogen) atoms. The van der Waals surface area contributed by atoms with Gasteiger partial charge in [0, 0.05) is 17.6 Å². The smallest absolute Gasteiger partial charge is 0.397 e. The average Bonchev–Trinajstić information content (AvgIpc) is 2.78. The molecule has 0 aliphatic heterocycles. The van der Waals surface area contributed by atoms with Crippen molar-refractivity contribution >= 4 is 27.5 Å². The summed E-state index contributed by atoms with van der Waals surface area (Å²) in [4.78, 5) is 15.2. The summed E-state index contributed by atoms with van der Waals surface area (Å²) in [5, 5.41) is 0. The van der Waals surface area contributed by atoms with Crippen molar-refractivity contribution in [2.45, 2.75) is 52.3 Å². The van der Waals surface area contributed by atoms with Crippen LogP contribution >= 0.6 is 15.9 Å². The average molecular weight is 547 g/mol. The molecule has 7 heteroatoms. The summed E-state index contributed by atoms with van der Waals surface area (Å²) in [5.74, 6) is -0.265. The third-order valence-electron chi connectivity index (χ3n) is 5.91. The van der Waals surface area contributed by atoms with Crippen LogP contribution in [0.25, 0.3) is 0 Å². The number of nitrogen functional groups attached to an aromatic ring is 1. The number of anilines is 1. The lowest BCUT2D eigenvalue weighted by atomic mass is 9.87. The zero-order chi connectivity index (χ0) is 26.0. The van der Waals surface area contributed by atoms with Crippen LogP contribution in [0.5, 0.6) is 0 Å². The van der Waals surface area contributed by atoms with Gasteiger partial charge in [0.05, 0.1) is 16.8 Å². The van der Waals surface area contributed by atoms with Crippen LogP contribution in [0.4, 0.5) is 18.9 Å². The Hall–Kier alpha value is -2.80. The molecule has 2 N–H and O–H groups in total. The number of hydrogen-bond donors (Lipinski definition) is 1. The predicted octanol–water partition coefficient (Wildman–Crippen LogP) is 7.54. The fourth-order valence-corrected chi connectivity index (χ4v) is 4.43. The van der Waals surface area contributed by atoms with Crippen molar-refractivity contribution < 1.29 is 18.0 Å². The van der Waals surface area contributed by atoms with Crippen LogP contribution < -0.4 is 5.73 Å². The van der Waals surface area contributed by atoms with Crippen molar-refractivity contribution in [1.29, 1.82) is 0 Å². The number of benzene rings is 3. The number of nitrogens with zero attached hydrogens (tertiary/aromatic N) is 1. The maximum Gasteiger partial charge on any atom is 0.416 e. The van der Waals surface area contributed by atoms with Crippen molar-refractivity contribution in [3.05, 3.63) is 98.5 Å². The number of amides is 1. The van der Waals surface area contributed by atoms with Gasteiger partial charge >= 0.3 is 6.18 Å². The highest BCUT2D eigenvalue weighted by atomic mass is 79.9. The first-order chi connectivity index (χ1) is 16.3. The van der Waals surface area contributed by atoms with Gasteiger partial charge in [0.15, 0.2) is 0 Å². The van der Waals surface area contributed by atoms with Crippen LogP contribution in [0.1, 0.15) is 58.9 Å². The first-order valence-corrected chi connectivity index (χ1v) is 12.2. The third kappa shape index (κ3) is 6.88. The number of carbonyl (C=O) groups is 1. The SMILES string of the molecule is Cc1cc(Br)c(N)c(C(=O)N(CCc2cccc(C(F)(F)F)c2)Cc2ccc(C(C)(C)C)cc2)c1. The van der Waals surface area contributed by atoms with Crippen LogP contribution in [-0.2, 0) is 24.6 Å². The second-order valence-corrected chi connectivity index (χ2v) is 10.7. The Labute approximate surface area is 213 Å². The second kappa shape index (κ2) is 10.4. The highest BCUT2D eigenvalue weighted by Gasteiger charge is 2.30. The maximum atomic E-state index is 13.6. The van der Waals surface area contributed by atoms with E-state index in [2.05, 4.69) is 36.7 Å². The lowest BCUT2D eigenvalue weighted by Gasteiger charge is -2.25. The Kier molecular flexibility index (Phi) is 8.00. The van der Waals surface area contributed by atoms with Crippen molar-refractivity contribution in [1.82, 2.24) is 4.90 Å². The van der Waals surface area contributed by atoms with Gasteiger partial charge in [0.1, 0.15) is 0 Å². The van der Waals surface area contributed by atoms with Crippen LogP contribution in [0.3, 0.4) is 0 Å². The molecular weight excluding hydrogens is 517 g/mol. The Morgan fingerprint density at radius 2 is 1.60 bits per heavy atom. The van der Waals surface area contributed by atoms with Gasteiger partial charge in [-0.2, -0.15) is 13.2 Å². The molecule has 0 unspecified atom stereocenters. The number of alkyl halides is 3. The summed E-state index contributed by atoms with van der Waals surface area (Å²) >= 11 is 3.41. The first-order valence-electron chi connectivity index (χ1n) is 11.4. The summed E-state index contributed by atoms with van der Waals surface area (Å²) in [6.07, 6.45) is -4.13. The number of nitrogens with two attached hydrogens (primary N) is 1. The fourth-order valence-electron chi connectivity index (χ4n) is 3.85. The van der Waals surface area contributed by atoms with E-state index < -0.39 is 11.7 Å². The van der Waals surface area contributed by atoms with Gasteiger partial charge in [-0.1, -0.05) is 63.2 Å². The van der Waals surface area contributed by atoms with E-state index in [0.29, 0.717) is 27.8 Å². The minimum absolute atomic E-state index is 0.000169. The number of rotatable bonds is 6. The predicted molar refractivity (Wildman–Crippen MR) is 138 cm³/mol. The van der Waals surface area contributed by atoms with Gasteiger partial charge in [-0.3, -0.25) is 4.79 Å². The van der Waals surface area contributed by atoms with Crippen molar-refractivity contribution in [3.8, 4) is 0 Å². The van der Waals surface area contributed by atoms with E-state index in [-0.39, 0.29) is 24.3 Å². The van der Waals surface area contributed by atoms with E-state index in [1.54, 1.807) is 17.0 Å². The molecule has 0 bridgehead atoms. The maximum absolute atomic E-state index is 13.6. The number of hydrogen-bond acceptors (Lipinski definition) is 2. The van der Waals surface area contributed by atoms with E-state index in [4.69, 9.17) is 5.73 Å². The van der Waals surface area contributed by atoms with Crippen LogP contribution in [0.2, 0.25) is 0 Å². The van der Waals surface area contributed by atoms with E-state index in [1.807, 2.05) is 37.3 Å². The largest absolute Gasteiger partial charge is 0.416 e. The molecule has 186 valence electrons. The van der Waals surface area contributed by atoms with Crippen LogP contribution in [0.15, 0.2) is 65.1 Å². The summed E-state index contributed by atoms with van der Waals surface area (Å²) in [6.45, 7) is 8.82. The molecule has 1 amide bonds. The zero-order valence-corrected chi connectivity index (χ0v) is 21.9. The van der Waals surface area contributed by atoms with E-state index in [9.17, 15) is 18.0 Å². The minimum Gasteiger partial charge on any atom is -0.397 e. The lowest BCUT2D eigenvalue weighted by Crippen LogP contribution is -2.33. The van der Waals surface area contributed by atoms with E-state index in [1.165, 1.54) is 11.6 Å². The second-order valence-electron chi connectivity index (χ2n) is 9.83. The molecule has 0 spiro atoms. The summed E-state index contributed by atoms with van der Waals surface area (Å²) < 4.78 is 40.1. The highest BCUT2D eigenvalue weighted by molar-refractivity contribution is 9.10. The van der Waals surface area contributed by atoms with Gasteiger partial charge < -0.3 is 10.6 Å². The molecule has 3 nitrogen and oxygen atoms in total. The number of aryl methyl sites for hydroxylation is 1. The third-order valence-corrected chi connectivity index (χ3v) is 6.57. The molecular formula is C28H30BrF3N2O. The van der Waals surface area contributed by atoms with E-state index in [0.717, 1.165) is 23.3 Å². The lowest BCUT2D eigenvalue weighted by molar-refractivity contribution is -0.137. The molecule has 0 fully saturated rings. The molecule has 0 radical (unpaired) electrons. The standard InChI is InChI=1S/C28H30BrF3N2O/c1-18-14-23(25(33)24(29)15-18)26(35)34(17-20-8-10-21(11-9-20)27(2,3)4)13-12-19-6-5-7-22(16-19)28(30,31)32/h5-11,14-16H,12-13,17,33H2,1-4H3. The quantitative estimate of drug-likeness (QED) is 0.324. The molecule has 3 rings (SSSR count). The molecule has 0 aliphatic rings. The number of carbonyl (C=O) groups excluding carboxylic acids is 1.